The van der Waals surface area contributed by atoms with Crippen molar-refractivity contribution in [3.63, 3.8) is 0 Å². The van der Waals surface area contributed by atoms with Gasteiger partial charge in [-0.1, -0.05) is 35.9 Å². The summed E-state index contributed by atoms with van der Waals surface area (Å²) in [5.74, 6) is 0.585. The lowest BCUT2D eigenvalue weighted by molar-refractivity contribution is 0.0128. The molecule has 2 aromatic rings. The van der Waals surface area contributed by atoms with Crippen molar-refractivity contribution in [1.29, 1.82) is 0 Å². The van der Waals surface area contributed by atoms with Crippen molar-refractivity contribution in [1.82, 2.24) is 0 Å². The highest BCUT2D eigenvalue weighted by molar-refractivity contribution is 5.92. The van der Waals surface area contributed by atoms with Crippen LogP contribution >= 0.6 is 0 Å². The Morgan fingerprint density at radius 2 is 2.00 bits per heavy atom. The molecule has 1 aliphatic rings. The van der Waals surface area contributed by atoms with Crippen molar-refractivity contribution >= 4 is 5.97 Å². The number of aryl methyl sites for hydroxylation is 2. The summed E-state index contributed by atoms with van der Waals surface area (Å²) in [5.41, 5.74) is 3.87. The Balaban J connectivity index is 1.70. The van der Waals surface area contributed by atoms with Crippen molar-refractivity contribution in [3.05, 3.63) is 64.7 Å². The third-order valence-electron chi connectivity index (χ3n) is 3.72. The highest BCUT2D eigenvalue weighted by Crippen LogP contribution is 2.23. The number of cyclic esters (lactones) is 1. The molecule has 21 heavy (non-hydrogen) atoms. The molecule has 0 radical (unpaired) electrons. The van der Waals surface area contributed by atoms with Gasteiger partial charge in [0.05, 0.1) is 5.56 Å². The predicted octanol–water partition coefficient (Wildman–Crippen LogP) is 3.46. The highest BCUT2D eigenvalue weighted by Gasteiger charge is 2.26. The van der Waals surface area contributed by atoms with Crippen molar-refractivity contribution in [2.24, 2.45) is 0 Å². The van der Waals surface area contributed by atoms with Crippen molar-refractivity contribution in [2.75, 3.05) is 6.61 Å². The molecule has 0 spiro atoms. The van der Waals surface area contributed by atoms with Gasteiger partial charge in [0.1, 0.15) is 18.5 Å². The van der Waals surface area contributed by atoms with Gasteiger partial charge in [-0.3, -0.25) is 0 Å². The van der Waals surface area contributed by atoms with Crippen molar-refractivity contribution < 1.29 is 14.3 Å². The van der Waals surface area contributed by atoms with Crippen LogP contribution in [0.4, 0.5) is 0 Å². The molecule has 0 aliphatic carbocycles. The average molecular weight is 282 g/mol. The molecule has 1 atom stereocenters. The molecule has 1 unspecified atom stereocenters. The summed E-state index contributed by atoms with van der Waals surface area (Å²) >= 11 is 0. The fourth-order valence-electron chi connectivity index (χ4n) is 2.55. The van der Waals surface area contributed by atoms with Crippen LogP contribution in [-0.4, -0.2) is 18.7 Å². The summed E-state index contributed by atoms with van der Waals surface area (Å²) in [6.07, 6.45) is 0.472. The summed E-state index contributed by atoms with van der Waals surface area (Å²) < 4.78 is 11.3. The maximum Gasteiger partial charge on any atom is 0.338 e. The zero-order chi connectivity index (χ0) is 14.8. The summed E-state index contributed by atoms with van der Waals surface area (Å²) in [4.78, 5) is 12.0. The smallest absolute Gasteiger partial charge is 0.338 e. The van der Waals surface area contributed by atoms with Gasteiger partial charge in [0.25, 0.3) is 0 Å². The Labute approximate surface area is 124 Å². The topological polar surface area (TPSA) is 35.5 Å². The normalized spacial score (nSPS) is 17.0. The van der Waals surface area contributed by atoms with E-state index in [1.165, 1.54) is 0 Å². The first-order valence-electron chi connectivity index (χ1n) is 7.12. The van der Waals surface area contributed by atoms with E-state index in [0.717, 1.165) is 22.4 Å². The second kappa shape index (κ2) is 5.60. The molecule has 0 saturated heterocycles. The highest BCUT2D eigenvalue weighted by atomic mass is 16.6. The van der Waals surface area contributed by atoms with Gasteiger partial charge in [0, 0.05) is 6.42 Å². The molecule has 108 valence electrons. The van der Waals surface area contributed by atoms with Crippen LogP contribution in [0.1, 0.15) is 27.0 Å². The molecule has 1 heterocycles. The Bertz CT molecular complexity index is 676. The van der Waals surface area contributed by atoms with Gasteiger partial charge in [-0.05, 0) is 37.1 Å². The second-order valence-electron chi connectivity index (χ2n) is 5.47. The van der Waals surface area contributed by atoms with E-state index in [2.05, 4.69) is 0 Å². The molecule has 0 aromatic heterocycles. The molecule has 0 bridgehead atoms. The Kier molecular flexibility index (Phi) is 3.65. The molecular formula is C18H18O3. The Morgan fingerprint density at radius 3 is 2.81 bits per heavy atom. The number of hydrogen-bond acceptors (Lipinski definition) is 3. The lowest BCUT2D eigenvalue weighted by atomic mass is 9.97. The monoisotopic (exact) mass is 282 g/mol. The third-order valence-corrected chi connectivity index (χ3v) is 3.72. The molecule has 2 aromatic carbocycles. The van der Waals surface area contributed by atoms with E-state index in [1.807, 2.05) is 56.3 Å². The quantitative estimate of drug-likeness (QED) is 0.809. The summed E-state index contributed by atoms with van der Waals surface area (Å²) in [6, 6.07) is 13.8. The van der Waals surface area contributed by atoms with E-state index in [0.29, 0.717) is 18.6 Å². The maximum absolute atomic E-state index is 12.0. The summed E-state index contributed by atoms with van der Waals surface area (Å²) in [7, 11) is 0. The van der Waals surface area contributed by atoms with Gasteiger partial charge in [-0.2, -0.15) is 0 Å². The van der Waals surface area contributed by atoms with Gasteiger partial charge in [-0.25, -0.2) is 4.79 Å². The molecule has 0 saturated carbocycles. The number of ether oxygens (including phenoxy) is 2. The summed E-state index contributed by atoms with van der Waals surface area (Å²) in [5, 5.41) is 0. The first-order chi connectivity index (χ1) is 10.1. The van der Waals surface area contributed by atoms with Crippen LogP contribution in [0.3, 0.4) is 0 Å². The number of rotatable bonds is 3. The minimum atomic E-state index is -0.252. The minimum Gasteiger partial charge on any atom is -0.489 e. The second-order valence-corrected chi connectivity index (χ2v) is 5.47. The first kappa shape index (κ1) is 13.7. The van der Waals surface area contributed by atoms with E-state index in [1.54, 1.807) is 0 Å². The number of fused-ring (bicyclic) bond motifs is 1. The standard InChI is InChI=1S/C18H18O3/c1-12-7-8-14-10-15(21-18(19)16(14)9-12)11-20-17-6-4-3-5-13(17)2/h3-9,15H,10-11H2,1-2H3. The number of esters is 1. The van der Waals surface area contributed by atoms with Crippen LogP contribution in [0.5, 0.6) is 5.75 Å². The van der Waals surface area contributed by atoms with Crippen LogP contribution in [0, 0.1) is 13.8 Å². The summed E-state index contributed by atoms with van der Waals surface area (Å²) in [6.45, 7) is 4.35. The van der Waals surface area contributed by atoms with Crippen molar-refractivity contribution in [2.45, 2.75) is 26.4 Å². The third kappa shape index (κ3) is 2.92. The van der Waals surface area contributed by atoms with Crippen LogP contribution in [0.15, 0.2) is 42.5 Å². The number of carbonyl (C=O) groups excluding carboxylic acids is 1. The first-order valence-corrected chi connectivity index (χ1v) is 7.12. The van der Waals surface area contributed by atoms with E-state index in [-0.39, 0.29) is 12.1 Å². The zero-order valence-electron chi connectivity index (χ0n) is 12.3. The number of carbonyl (C=O) groups is 1. The Morgan fingerprint density at radius 1 is 1.19 bits per heavy atom. The predicted molar refractivity (Wildman–Crippen MR) is 80.8 cm³/mol. The fraction of sp³-hybridized carbons (Fsp3) is 0.278. The van der Waals surface area contributed by atoms with Crippen LogP contribution < -0.4 is 4.74 Å². The van der Waals surface area contributed by atoms with E-state index in [9.17, 15) is 4.79 Å². The molecule has 3 heteroatoms. The lowest BCUT2D eigenvalue weighted by Crippen LogP contribution is -2.32. The van der Waals surface area contributed by atoms with Crippen LogP contribution in [0.2, 0.25) is 0 Å². The van der Waals surface area contributed by atoms with E-state index >= 15 is 0 Å². The SMILES string of the molecule is Cc1ccc2c(c1)C(=O)OC(COc1ccccc1C)C2. The maximum atomic E-state index is 12.0. The average Bonchev–Trinajstić information content (AvgIpc) is 2.47. The van der Waals surface area contributed by atoms with E-state index < -0.39 is 0 Å². The van der Waals surface area contributed by atoms with Gasteiger partial charge in [0.15, 0.2) is 0 Å². The van der Waals surface area contributed by atoms with E-state index in [4.69, 9.17) is 9.47 Å². The largest absolute Gasteiger partial charge is 0.489 e. The number of benzene rings is 2. The van der Waals surface area contributed by atoms with Gasteiger partial charge in [-0.15, -0.1) is 0 Å². The lowest BCUT2D eigenvalue weighted by Gasteiger charge is -2.25. The zero-order valence-corrected chi connectivity index (χ0v) is 12.3. The molecular weight excluding hydrogens is 264 g/mol. The molecule has 0 N–H and O–H groups in total. The molecule has 3 nitrogen and oxygen atoms in total. The van der Waals surface area contributed by atoms with Crippen molar-refractivity contribution in [3.8, 4) is 5.75 Å². The molecule has 3 rings (SSSR count). The number of para-hydroxylation sites is 1. The Hall–Kier alpha value is -2.29. The number of hydrogen-bond donors (Lipinski definition) is 0. The van der Waals surface area contributed by atoms with Crippen LogP contribution in [0.25, 0.3) is 0 Å². The molecule has 0 amide bonds. The minimum absolute atomic E-state index is 0.229. The van der Waals surface area contributed by atoms with Gasteiger partial charge in [0.2, 0.25) is 0 Å². The van der Waals surface area contributed by atoms with Gasteiger partial charge < -0.3 is 9.47 Å². The fourth-order valence-corrected chi connectivity index (χ4v) is 2.55. The molecule has 1 aliphatic heterocycles. The molecule has 0 fully saturated rings. The van der Waals surface area contributed by atoms with Gasteiger partial charge >= 0.3 is 5.97 Å². The van der Waals surface area contributed by atoms with Crippen LogP contribution in [-0.2, 0) is 11.2 Å².